The Balaban J connectivity index is 1.77. The van der Waals surface area contributed by atoms with Crippen LogP contribution in [0, 0.1) is 11.6 Å². The molecule has 0 fully saturated rings. The number of aromatic nitrogens is 2. The van der Waals surface area contributed by atoms with Gasteiger partial charge in [0.05, 0.1) is 36.6 Å². The van der Waals surface area contributed by atoms with Gasteiger partial charge < -0.3 is 15.5 Å². The summed E-state index contributed by atoms with van der Waals surface area (Å²) in [5.74, 6) is -3.15. The van der Waals surface area contributed by atoms with Crippen molar-refractivity contribution in [3.8, 4) is 0 Å². The fourth-order valence-electron chi connectivity index (χ4n) is 2.99. The molecule has 1 aliphatic rings. The first-order valence-electron chi connectivity index (χ1n) is 8.92. The Morgan fingerprint density at radius 3 is 2.57 bits per heavy atom. The molecule has 7 nitrogen and oxygen atoms in total. The number of amides is 3. The van der Waals surface area contributed by atoms with E-state index in [1.165, 1.54) is 15.6 Å². The Labute approximate surface area is 167 Å². The zero-order valence-corrected chi connectivity index (χ0v) is 15.9. The van der Waals surface area contributed by atoms with Crippen LogP contribution in [0.4, 0.5) is 32.4 Å². The van der Waals surface area contributed by atoms with Gasteiger partial charge in [-0.05, 0) is 26.0 Å². The van der Waals surface area contributed by atoms with Crippen molar-refractivity contribution in [1.29, 1.82) is 0 Å². The Hall–Kier alpha value is -3.18. The number of anilines is 1. The first-order valence-corrected chi connectivity index (χ1v) is 8.92. The predicted molar refractivity (Wildman–Crippen MR) is 95.6 cm³/mol. The maximum absolute atomic E-state index is 13.4. The fraction of sp³-hybridized carbons (Fsp3) is 0.389. The van der Waals surface area contributed by atoms with Crippen molar-refractivity contribution in [2.45, 2.75) is 45.2 Å². The van der Waals surface area contributed by atoms with Crippen LogP contribution in [0.1, 0.15) is 29.9 Å². The molecule has 3 amide bonds. The van der Waals surface area contributed by atoms with Crippen LogP contribution in [0.2, 0.25) is 0 Å². The lowest BCUT2D eigenvalue weighted by atomic mass is 10.1. The maximum Gasteiger partial charge on any atom is 0.408 e. The molecule has 2 atom stereocenters. The summed E-state index contributed by atoms with van der Waals surface area (Å²) in [7, 11) is 0. The Kier molecular flexibility index (Phi) is 5.68. The monoisotopic (exact) mass is 431 g/mol. The van der Waals surface area contributed by atoms with Gasteiger partial charge in [-0.25, -0.2) is 13.6 Å². The first-order chi connectivity index (χ1) is 14.0. The summed E-state index contributed by atoms with van der Waals surface area (Å²) in [6.07, 6.45) is -3.45. The lowest BCUT2D eigenvalue weighted by molar-refractivity contribution is -0.149. The van der Waals surface area contributed by atoms with Gasteiger partial charge in [-0.2, -0.15) is 18.3 Å². The molecule has 1 aliphatic heterocycles. The fourth-order valence-corrected chi connectivity index (χ4v) is 2.99. The molecule has 1 aromatic carbocycles. The number of benzene rings is 1. The van der Waals surface area contributed by atoms with Crippen LogP contribution in [0.5, 0.6) is 0 Å². The quantitative estimate of drug-likeness (QED) is 0.733. The molecule has 0 aliphatic carbocycles. The average molecular weight is 431 g/mol. The van der Waals surface area contributed by atoms with Crippen LogP contribution in [-0.2, 0) is 13.1 Å². The molecule has 2 heterocycles. The van der Waals surface area contributed by atoms with E-state index in [9.17, 15) is 31.5 Å². The topological polar surface area (TPSA) is 79.3 Å². The molecule has 30 heavy (non-hydrogen) atoms. The highest BCUT2D eigenvalue weighted by Crippen LogP contribution is 2.24. The van der Waals surface area contributed by atoms with Crippen LogP contribution in [0.15, 0.2) is 24.4 Å². The van der Waals surface area contributed by atoms with E-state index >= 15 is 0 Å². The van der Waals surface area contributed by atoms with Gasteiger partial charge in [0.2, 0.25) is 0 Å². The van der Waals surface area contributed by atoms with E-state index in [4.69, 9.17) is 0 Å². The van der Waals surface area contributed by atoms with Gasteiger partial charge in [0, 0.05) is 11.8 Å². The molecule has 0 saturated carbocycles. The molecular formula is C18H18F5N5O2. The van der Waals surface area contributed by atoms with Gasteiger partial charge in [0.1, 0.15) is 6.04 Å². The molecule has 2 aromatic rings. The van der Waals surface area contributed by atoms with E-state index in [-0.39, 0.29) is 36.1 Å². The minimum atomic E-state index is -4.60. The molecule has 0 radical (unpaired) electrons. The molecular weight excluding hydrogens is 413 g/mol. The standard InChI is InChI=1S/C18H18F5N5O2/c1-9-7-28-15(12(6-24-28)16(29)25-10(2)18(21,22)23)8-27(9)17(30)26-11-3-4-13(19)14(20)5-11/h3-6,9-10H,7-8H2,1-2H3,(H,25,29)(H,26,30)/t9-,10+/m0/s1. The number of nitrogens with one attached hydrogen (secondary N) is 2. The summed E-state index contributed by atoms with van der Waals surface area (Å²) < 4.78 is 66.0. The van der Waals surface area contributed by atoms with E-state index in [1.807, 2.05) is 5.32 Å². The third kappa shape index (κ3) is 4.36. The average Bonchev–Trinajstić information content (AvgIpc) is 3.05. The molecule has 0 bridgehead atoms. The molecule has 12 heteroatoms. The number of carbonyl (C=O) groups excluding carboxylic acids is 2. The van der Waals surface area contributed by atoms with Crippen molar-refractivity contribution >= 4 is 17.6 Å². The lowest BCUT2D eigenvalue weighted by Crippen LogP contribution is -2.48. The second-order valence-electron chi connectivity index (χ2n) is 6.96. The van der Waals surface area contributed by atoms with Crippen LogP contribution in [-0.4, -0.2) is 44.9 Å². The summed E-state index contributed by atoms with van der Waals surface area (Å²) >= 11 is 0. The highest BCUT2D eigenvalue weighted by atomic mass is 19.4. The molecule has 0 unspecified atom stereocenters. The van der Waals surface area contributed by atoms with Crippen LogP contribution < -0.4 is 10.6 Å². The first kappa shape index (κ1) is 21.5. The summed E-state index contributed by atoms with van der Waals surface area (Å²) in [4.78, 5) is 26.2. The van der Waals surface area contributed by atoms with Gasteiger partial charge in [-0.15, -0.1) is 0 Å². The van der Waals surface area contributed by atoms with Crippen molar-refractivity contribution in [2.75, 3.05) is 5.32 Å². The van der Waals surface area contributed by atoms with Crippen molar-refractivity contribution in [3.63, 3.8) is 0 Å². The second kappa shape index (κ2) is 7.92. The van der Waals surface area contributed by atoms with Crippen LogP contribution in [0.3, 0.4) is 0 Å². The summed E-state index contributed by atoms with van der Waals surface area (Å²) in [6.45, 7) is 2.61. The smallest absolute Gasteiger partial charge is 0.340 e. The predicted octanol–water partition coefficient (Wildman–Crippen LogP) is 3.28. The molecule has 3 rings (SSSR count). The van der Waals surface area contributed by atoms with Crippen LogP contribution >= 0.6 is 0 Å². The third-order valence-electron chi connectivity index (χ3n) is 4.75. The highest BCUT2D eigenvalue weighted by Gasteiger charge is 2.38. The lowest BCUT2D eigenvalue weighted by Gasteiger charge is -2.34. The molecule has 162 valence electrons. The number of alkyl halides is 3. The normalized spacial score (nSPS) is 17.3. The zero-order valence-electron chi connectivity index (χ0n) is 15.9. The van der Waals surface area contributed by atoms with E-state index in [0.717, 1.165) is 25.3 Å². The number of rotatable bonds is 3. The van der Waals surface area contributed by atoms with Gasteiger partial charge in [-0.1, -0.05) is 0 Å². The number of urea groups is 1. The van der Waals surface area contributed by atoms with Gasteiger partial charge >= 0.3 is 12.2 Å². The molecule has 0 saturated heterocycles. The zero-order chi connectivity index (χ0) is 22.2. The SMILES string of the molecule is C[C@H]1Cn2ncc(C(=O)N[C@H](C)C(F)(F)F)c2CN1C(=O)Nc1ccc(F)c(F)c1. The van der Waals surface area contributed by atoms with Crippen LogP contribution in [0.25, 0.3) is 0 Å². The number of halogens is 5. The van der Waals surface area contributed by atoms with Crippen molar-refractivity contribution < 1.29 is 31.5 Å². The van der Waals surface area contributed by atoms with Crippen molar-refractivity contribution in [2.24, 2.45) is 0 Å². The summed E-state index contributed by atoms with van der Waals surface area (Å²) in [6, 6.07) is -0.209. The Morgan fingerprint density at radius 1 is 1.23 bits per heavy atom. The van der Waals surface area contributed by atoms with Crippen molar-refractivity contribution in [3.05, 3.63) is 47.3 Å². The Bertz CT molecular complexity index is 974. The minimum Gasteiger partial charge on any atom is -0.340 e. The summed E-state index contributed by atoms with van der Waals surface area (Å²) in [5, 5.41) is 8.32. The van der Waals surface area contributed by atoms with Gasteiger partial charge in [-0.3, -0.25) is 9.48 Å². The van der Waals surface area contributed by atoms with E-state index in [2.05, 4.69) is 10.4 Å². The van der Waals surface area contributed by atoms with Gasteiger partial charge in [0.25, 0.3) is 5.91 Å². The number of fused-ring (bicyclic) bond motifs is 1. The number of hydrogen-bond donors (Lipinski definition) is 2. The largest absolute Gasteiger partial charge is 0.408 e. The highest BCUT2D eigenvalue weighted by molar-refractivity contribution is 5.96. The maximum atomic E-state index is 13.4. The van der Waals surface area contributed by atoms with Gasteiger partial charge in [0.15, 0.2) is 11.6 Å². The summed E-state index contributed by atoms with van der Waals surface area (Å²) in [5.41, 5.74) is 0.214. The van der Waals surface area contributed by atoms with E-state index in [1.54, 1.807) is 6.92 Å². The minimum absolute atomic E-state index is 0.0298. The molecule has 2 N–H and O–H groups in total. The second-order valence-corrected chi connectivity index (χ2v) is 6.96. The number of carbonyl (C=O) groups is 2. The molecule has 1 aromatic heterocycles. The molecule has 0 spiro atoms. The third-order valence-corrected chi connectivity index (χ3v) is 4.75. The Morgan fingerprint density at radius 2 is 1.93 bits per heavy atom. The number of hydrogen-bond acceptors (Lipinski definition) is 3. The van der Waals surface area contributed by atoms with Crippen molar-refractivity contribution in [1.82, 2.24) is 20.0 Å². The van der Waals surface area contributed by atoms with E-state index < -0.39 is 35.8 Å². The van der Waals surface area contributed by atoms with E-state index in [0.29, 0.717) is 0 Å². The number of nitrogens with zero attached hydrogens (tertiary/aromatic N) is 3.